The Hall–Kier alpha value is -1.84. The molecule has 0 fully saturated rings. The SMILES string of the molecule is CCCC(=O)Oc1c(CC)ccc(O)c1C(C)=O. The summed E-state index contributed by atoms with van der Waals surface area (Å²) in [5, 5.41) is 9.71. The number of rotatable bonds is 5. The maximum atomic E-state index is 11.6. The van der Waals surface area contributed by atoms with E-state index in [2.05, 4.69) is 0 Å². The van der Waals surface area contributed by atoms with E-state index in [1.165, 1.54) is 13.0 Å². The summed E-state index contributed by atoms with van der Waals surface area (Å²) in [5.74, 6) is -0.662. The van der Waals surface area contributed by atoms with Gasteiger partial charge in [-0.2, -0.15) is 0 Å². The van der Waals surface area contributed by atoms with Crippen molar-refractivity contribution in [1.82, 2.24) is 0 Å². The number of hydrogen-bond donors (Lipinski definition) is 1. The van der Waals surface area contributed by atoms with E-state index in [9.17, 15) is 14.7 Å². The number of esters is 1. The molecule has 0 amide bonds. The van der Waals surface area contributed by atoms with Crippen molar-refractivity contribution < 1.29 is 19.4 Å². The van der Waals surface area contributed by atoms with Crippen molar-refractivity contribution in [2.24, 2.45) is 0 Å². The Morgan fingerprint density at radius 3 is 2.44 bits per heavy atom. The molecule has 0 unspecified atom stereocenters. The zero-order valence-electron chi connectivity index (χ0n) is 10.9. The van der Waals surface area contributed by atoms with Gasteiger partial charge in [-0.15, -0.1) is 0 Å². The van der Waals surface area contributed by atoms with Crippen molar-refractivity contribution in [3.8, 4) is 11.5 Å². The maximum absolute atomic E-state index is 11.6. The molecule has 0 radical (unpaired) electrons. The van der Waals surface area contributed by atoms with E-state index in [0.717, 1.165) is 5.56 Å². The molecular weight excluding hydrogens is 232 g/mol. The molecule has 18 heavy (non-hydrogen) atoms. The highest BCUT2D eigenvalue weighted by Crippen LogP contribution is 2.32. The highest BCUT2D eigenvalue weighted by Gasteiger charge is 2.19. The highest BCUT2D eigenvalue weighted by molar-refractivity contribution is 6.00. The lowest BCUT2D eigenvalue weighted by Crippen LogP contribution is -2.12. The molecule has 0 heterocycles. The zero-order chi connectivity index (χ0) is 13.7. The Kier molecular flexibility index (Phi) is 4.89. The van der Waals surface area contributed by atoms with E-state index in [1.807, 2.05) is 13.8 Å². The molecule has 4 heteroatoms. The molecule has 0 aromatic heterocycles. The Morgan fingerprint density at radius 2 is 1.94 bits per heavy atom. The first kappa shape index (κ1) is 14.2. The Bertz CT molecular complexity index is 463. The second kappa shape index (κ2) is 6.19. The van der Waals surface area contributed by atoms with E-state index >= 15 is 0 Å². The lowest BCUT2D eigenvalue weighted by molar-refractivity contribution is -0.134. The van der Waals surface area contributed by atoms with Gasteiger partial charge in [0, 0.05) is 6.42 Å². The van der Waals surface area contributed by atoms with Crippen LogP contribution in [0, 0.1) is 0 Å². The summed E-state index contributed by atoms with van der Waals surface area (Å²) in [5.41, 5.74) is 0.821. The molecule has 1 rings (SSSR count). The van der Waals surface area contributed by atoms with Gasteiger partial charge in [-0.05, 0) is 31.4 Å². The predicted molar refractivity (Wildman–Crippen MR) is 68.0 cm³/mol. The minimum absolute atomic E-state index is 0.0822. The van der Waals surface area contributed by atoms with Gasteiger partial charge in [-0.1, -0.05) is 19.9 Å². The van der Waals surface area contributed by atoms with E-state index in [1.54, 1.807) is 6.07 Å². The summed E-state index contributed by atoms with van der Waals surface area (Å²) in [4.78, 5) is 23.1. The standard InChI is InChI=1S/C14H18O4/c1-4-6-12(17)18-14-10(5-2)7-8-11(16)13(14)9(3)15/h7-8,16H,4-6H2,1-3H3. The molecule has 0 spiro atoms. The van der Waals surface area contributed by atoms with Gasteiger partial charge in [0.05, 0.1) is 0 Å². The number of phenolic OH excluding ortho intramolecular Hbond substituents is 1. The van der Waals surface area contributed by atoms with Crippen LogP contribution in [-0.2, 0) is 11.2 Å². The predicted octanol–water partition coefficient (Wildman–Crippen LogP) is 2.86. The van der Waals surface area contributed by atoms with E-state index in [0.29, 0.717) is 12.8 Å². The van der Waals surface area contributed by atoms with Gasteiger partial charge in [0.1, 0.15) is 17.1 Å². The van der Waals surface area contributed by atoms with Crippen LogP contribution < -0.4 is 4.74 Å². The summed E-state index contributed by atoms with van der Waals surface area (Å²) < 4.78 is 5.23. The lowest BCUT2D eigenvalue weighted by Gasteiger charge is -2.13. The van der Waals surface area contributed by atoms with Crippen molar-refractivity contribution >= 4 is 11.8 Å². The van der Waals surface area contributed by atoms with Gasteiger partial charge in [0.15, 0.2) is 5.78 Å². The van der Waals surface area contributed by atoms with Crippen molar-refractivity contribution in [3.63, 3.8) is 0 Å². The monoisotopic (exact) mass is 250 g/mol. The Morgan fingerprint density at radius 1 is 1.28 bits per heavy atom. The van der Waals surface area contributed by atoms with Crippen LogP contribution >= 0.6 is 0 Å². The van der Waals surface area contributed by atoms with Gasteiger partial charge >= 0.3 is 5.97 Å². The summed E-state index contributed by atoms with van der Waals surface area (Å²) >= 11 is 0. The van der Waals surface area contributed by atoms with E-state index in [4.69, 9.17) is 4.74 Å². The number of benzene rings is 1. The third-order valence-corrected chi connectivity index (χ3v) is 2.62. The number of hydrogen-bond acceptors (Lipinski definition) is 4. The third-order valence-electron chi connectivity index (χ3n) is 2.62. The first-order valence-corrected chi connectivity index (χ1v) is 6.07. The number of aromatic hydroxyl groups is 1. The van der Waals surface area contributed by atoms with Gasteiger partial charge in [-0.3, -0.25) is 9.59 Å². The average molecular weight is 250 g/mol. The third kappa shape index (κ3) is 3.09. The van der Waals surface area contributed by atoms with Crippen LogP contribution in [0.2, 0.25) is 0 Å². The van der Waals surface area contributed by atoms with E-state index < -0.39 is 0 Å². The molecule has 0 saturated carbocycles. The molecule has 1 aromatic rings. The van der Waals surface area contributed by atoms with Crippen LogP contribution in [0.4, 0.5) is 0 Å². The Labute approximate surface area is 107 Å². The molecule has 98 valence electrons. The molecule has 0 aliphatic rings. The first-order valence-electron chi connectivity index (χ1n) is 6.07. The number of ether oxygens (including phenoxy) is 1. The molecule has 1 aromatic carbocycles. The minimum atomic E-state index is -0.389. The number of carbonyl (C=O) groups excluding carboxylic acids is 2. The van der Waals surface area contributed by atoms with Gasteiger partial charge in [0.2, 0.25) is 0 Å². The number of carbonyl (C=O) groups is 2. The molecule has 0 aliphatic heterocycles. The van der Waals surface area contributed by atoms with Gasteiger partial charge in [-0.25, -0.2) is 0 Å². The molecule has 0 atom stereocenters. The second-order valence-corrected chi connectivity index (χ2v) is 4.08. The molecule has 4 nitrogen and oxygen atoms in total. The topological polar surface area (TPSA) is 63.6 Å². The maximum Gasteiger partial charge on any atom is 0.311 e. The minimum Gasteiger partial charge on any atom is -0.507 e. The fraction of sp³-hybridized carbons (Fsp3) is 0.429. The van der Waals surface area contributed by atoms with Crippen molar-refractivity contribution in [3.05, 3.63) is 23.3 Å². The molecular formula is C14H18O4. The zero-order valence-corrected chi connectivity index (χ0v) is 10.9. The number of aryl methyl sites for hydroxylation is 1. The molecule has 1 N–H and O–H groups in total. The molecule has 0 bridgehead atoms. The van der Waals surface area contributed by atoms with Crippen LogP contribution in [0.25, 0.3) is 0 Å². The highest BCUT2D eigenvalue weighted by atomic mass is 16.5. The van der Waals surface area contributed by atoms with Crippen LogP contribution in [0.5, 0.6) is 11.5 Å². The van der Waals surface area contributed by atoms with Crippen molar-refractivity contribution in [2.45, 2.75) is 40.0 Å². The number of ketones is 1. The fourth-order valence-corrected chi connectivity index (χ4v) is 1.72. The Balaban J connectivity index is 3.24. The molecule has 0 saturated heterocycles. The van der Waals surface area contributed by atoms with Crippen LogP contribution in [-0.4, -0.2) is 16.9 Å². The van der Waals surface area contributed by atoms with E-state index in [-0.39, 0.29) is 35.2 Å². The quantitative estimate of drug-likeness (QED) is 0.496. The lowest BCUT2D eigenvalue weighted by atomic mass is 10.0. The van der Waals surface area contributed by atoms with Gasteiger partial charge in [0.25, 0.3) is 0 Å². The van der Waals surface area contributed by atoms with Gasteiger partial charge < -0.3 is 9.84 Å². The average Bonchev–Trinajstić information content (AvgIpc) is 2.29. The smallest absolute Gasteiger partial charge is 0.311 e. The number of phenols is 1. The summed E-state index contributed by atoms with van der Waals surface area (Å²) in [7, 11) is 0. The van der Waals surface area contributed by atoms with Crippen LogP contribution in [0.1, 0.15) is 49.5 Å². The first-order chi connectivity index (χ1) is 8.51. The summed E-state index contributed by atoms with van der Waals surface area (Å²) in [6, 6.07) is 3.11. The fourth-order valence-electron chi connectivity index (χ4n) is 1.72. The van der Waals surface area contributed by atoms with Crippen LogP contribution in [0.15, 0.2) is 12.1 Å². The second-order valence-electron chi connectivity index (χ2n) is 4.08. The van der Waals surface area contributed by atoms with Crippen molar-refractivity contribution in [1.29, 1.82) is 0 Å². The summed E-state index contributed by atoms with van der Waals surface area (Å²) in [6.07, 6.45) is 1.58. The summed E-state index contributed by atoms with van der Waals surface area (Å²) in [6.45, 7) is 5.11. The van der Waals surface area contributed by atoms with Crippen LogP contribution in [0.3, 0.4) is 0 Å². The molecule has 0 aliphatic carbocycles. The largest absolute Gasteiger partial charge is 0.507 e. The normalized spacial score (nSPS) is 10.2. The number of Topliss-reactive ketones (excluding diaryl/α,β-unsaturated/α-hetero) is 1. The van der Waals surface area contributed by atoms with Crippen molar-refractivity contribution in [2.75, 3.05) is 0 Å².